The van der Waals surface area contributed by atoms with E-state index in [2.05, 4.69) is 10.4 Å². The summed E-state index contributed by atoms with van der Waals surface area (Å²) in [7, 11) is 0. The molecule has 0 saturated heterocycles. The van der Waals surface area contributed by atoms with Crippen LogP contribution in [0.15, 0.2) is 29.2 Å². The Kier molecular flexibility index (Phi) is 5.63. The minimum absolute atomic E-state index is 0.0655. The van der Waals surface area contributed by atoms with E-state index in [0.29, 0.717) is 24.9 Å². The summed E-state index contributed by atoms with van der Waals surface area (Å²) >= 11 is 0. The molecule has 0 atom stereocenters. The Balaban J connectivity index is 1.39. The summed E-state index contributed by atoms with van der Waals surface area (Å²) in [5, 5.41) is 6.95. The zero-order valence-electron chi connectivity index (χ0n) is 13.8. The monoisotopic (exact) mass is 332 g/mol. The summed E-state index contributed by atoms with van der Waals surface area (Å²) in [6, 6.07) is 5.30. The van der Waals surface area contributed by atoms with Gasteiger partial charge in [0.2, 0.25) is 5.91 Å². The lowest BCUT2D eigenvalue weighted by Gasteiger charge is -2.21. The van der Waals surface area contributed by atoms with Crippen LogP contribution in [0.3, 0.4) is 0 Å². The van der Waals surface area contributed by atoms with E-state index in [-0.39, 0.29) is 18.1 Å². The van der Waals surface area contributed by atoms with Crippen molar-refractivity contribution in [3.63, 3.8) is 0 Å². The standard InChI is InChI=1S/C17H24N4O3/c22-16(18-10-6-12-24-14-7-2-1-3-8-14)13-21-17(23)20-11-5-4-9-15(20)19-21/h4-5,9,11,14H,1-3,6-8,10,12-13H2,(H,18,22). The Labute approximate surface area is 140 Å². The number of nitrogens with one attached hydrogen (secondary N) is 1. The van der Waals surface area contributed by atoms with Crippen LogP contribution >= 0.6 is 0 Å². The highest BCUT2D eigenvalue weighted by molar-refractivity contribution is 5.75. The SMILES string of the molecule is O=C(Cn1nc2ccccn2c1=O)NCCCOC1CCCCC1. The van der Waals surface area contributed by atoms with Gasteiger partial charge < -0.3 is 10.1 Å². The minimum Gasteiger partial charge on any atom is -0.378 e. The molecule has 2 aromatic heterocycles. The Bertz CT molecular complexity index is 731. The summed E-state index contributed by atoms with van der Waals surface area (Å²) < 4.78 is 8.43. The molecule has 1 aliphatic rings. The number of amides is 1. The van der Waals surface area contributed by atoms with Gasteiger partial charge in [0.15, 0.2) is 5.65 Å². The number of nitrogens with zero attached hydrogens (tertiary/aromatic N) is 3. The summed E-state index contributed by atoms with van der Waals surface area (Å²) in [4.78, 5) is 24.0. The van der Waals surface area contributed by atoms with E-state index in [9.17, 15) is 9.59 Å². The molecule has 1 fully saturated rings. The van der Waals surface area contributed by atoms with Crippen LogP contribution in [-0.2, 0) is 16.1 Å². The molecule has 0 spiro atoms. The van der Waals surface area contributed by atoms with Crippen molar-refractivity contribution in [1.29, 1.82) is 0 Å². The molecule has 0 bridgehead atoms. The fraction of sp³-hybridized carbons (Fsp3) is 0.588. The molecular formula is C17H24N4O3. The molecule has 0 aromatic carbocycles. The largest absolute Gasteiger partial charge is 0.378 e. The van der Waals surface area contributed by atoms with Gasteiger partial charge in [0, 0.05) is 19.3 Å². The van der Waals surface area contributed by atoms with Crippen LogP contribution in [0.4, 0.5) is 0 Å². The predicted molar refractivity (Wildman–Crippen MR) is 89.9 cm³/mol. The number of hydrogen-bond acceptors (Lipinski definition) is 4. The highest BCUT2D eigenvalue weighted by atomic mass is 16.5. The van der Waals surface area contributed by atoms with Gasteiger partial charge >= 0.3 is 5.69 Å². The quantitative estimate of drug-likeness (QED) is 0.777. The number of rotatable bonds is 7. The van der Waals surface area contributed by atoms with Crippen LogP contribution in [0.2, 0.25) is 0 Å². The molecule has 7 nitrogen and oxygen atoms in total. The van der Waals surface area contributed by atoms with Gasteiger partial charge in [-0.25, -0.2) is 9.48 Å². The molecule has 1 N–H and O–H groups in total. The van der Waals surface area contributed by atoms with Crippen molar-refractivity contribution in [2.45, 2.75) is 51.2 Å². The van der Waals surface area contributed by atoms with E-state index in [4.69, 9.17) is 4.74 Å². The van der Waals surface area contributed by atoms with E-state index in [1.807, 2.05) is 0 Å². The number of carbonyl (C=O) groups is 1. The van der Waals surface area contributed by atoms with E-state index >= 15 is 0 Å². The topological polar surface area (TPSA) is 77.6 Å². The highest BCUT2D eigenvalue weighted by Crippen LogP contribution is 2.20. The van der Waals surface area contributed by atoms with E-state index in [1.54, 1.807) is 24.4 Å². The van der Waals surface area contributed by atoms with Crippen LogP contribution in [0.1, 0.15) is 38.5 Å². The number of fused-ring (bicyclic) bond motifs is 1. The number of aromatic nitrogens is 3. The molecule has 1 aliphatic carbocycles. The highest BCUT2D eigenvalue weighted by Gasteiger charge is 2.13. The number of pyridine rings is 1. The minimum atomic E-state index is -0.304. The number of ether oxygens (including phenoxy) is 1. The van der Waals surface area contributed by atoms with E-state index in [1.165, 1.54) is 28.3 Å². The third-order valence-corrected chi connectivity index (χ3v) is 4.33. The fourth-order valence-corrected chi connectivity index (χ4v) is 3.04. The zero-order valence-corrected chi connectivity index (χ0v) is 13.8. The Morgan fingerprint density at radius 1 is 1.29 bits per heavy atom. The first-order valence-corrected chi connectivity index (χ1v) is 8.66. The summed E-state index contributed by atoms with van der Waals surface area (Å²) in [6.45, 7) is 1.15. The van der Waals surface area contributed by atoms with Crippen molar-refractivity contribution < 1.29 is 9.53 Å². The first-order valence-electron chi connectivity index (χ1n) is 8.66. The third-order valence-electron chi connectivity index (χ3n) is 4.33. The van der Waals surface area contributed by atoms with Crippen molar-refractivity contribution in [1.82, 2.24) is 19.5 Å². The third kappa shape index (κ3) is 4.23. The van der Waals surface area contributed by atoms with Gasteiger partial charge in [-0.05, 0) is 31.4 Å². The van der Waals surface area contributed by atoms with Crippen molar-refractivity contribution in [2.24, 2.45) is 0 Å². The molecule has 7 heteroatoms. The number of carbonyl (C=O) groups excluding carboxylic acids is 1. The lowest BCUT2D eigenvalue weighted by atomic mass is 9.98. The molecule has 0 unspecified atom stereocenters. The molecule has 0 aliphatic heterocycles. The van der Waals surface area contributed by atoms with Crippen molar-refractivity contribution >= 4 is 11.6 Å². The second kappa shape index (κ2) is 8.10. The van der Waals surface area contributed by atoms with Gasteiger partial charge in [-0.2, -0.15) is 0 Å². The molecule has 1 saturated carbocycles. The second-order valence-corrected chi connectivity index (χ2v) is 6.20. The second-order valence-electron chi connectivity index (χ2n) is 6.20. The van der Waals surface area contributed by atoms with Crippen LogP contribution in [-0.4, -0.2) is 39.3 Å². The Hall–Kier alpha value is -2.15. The maximum absolute atomic E-state index is 12.1. The van der Waals surface area contributed by atoms with Crippen molar-refractivity contribution in [3.05, 3.63) is 34.9 Å². The molecule has 3 rings (SSSR count). The maximum atomic E-state index is 12.1. The number of hydrogen-bond donors (Lipinski definition) is 1. The van der Waals surface area contributed by atoms with Crippen molar-refractivity contribution in [2.75, 3.05) is 13.2 Å². The lowest BCUT2D eigenvalue weighted by Crippen LogP contribution is -2.33. The lowest BCUT2D eigenvalue weighted by molar-refractivity contribution is -0.121. The predicted octanol–water partition coefficient (Wildman–Crippen LogP) is 1.35. The zero-order chi connectivity index (χ0) is 16.8. The normalized spacial score (nSPS) is 15.7. The Morgan fingerprint density at radius 2 is 2.12 bits per heavy atom. The molecular weight excluding hydrogens is 308 g/mol. The summed E-state index contributed by atoms with van der Waals surface area (Å²) in [5.74, 6) is -0.210. The van der Waals surface area contributed by atoms with Crippen LogP contribution in [0.25, 0.3) is 5.65 Å². The van der Waals surface area contributed by atoms with Gasteiger partial charge in [-0.15, -0.1) is 5.10 Å². The molecule has 130 valence electrons. The average Bonchev–Trinajstić information content (AvgIpc) is 2.92. The Morgan fingerprint density at radius 3 is 2.92 bits per heavy atom. The van der Waals surface area contributed by atoms with Crippen LogP contribution in [0, 0.1) is 0 Å². The van der Waals surface area contributed by atoms with E-state index in [0.717, 1.165) is 19.3 Å². The molecule has 1 amide bonds. The van der Waals surface area contributed by atoms with E-state index < -0.39 is 0 Å². The van der Waals surface area contributed by atoms with Crippen LogP contribution in [0.5, 0.6) is 0 Å². The smallest absolute Gasteiger partial charge is 0.350 e. The van der Waals surface area contributed by atoms with Gasteiger partial charge in [-0.3, -0.25) is 9.20 Å². The van der Waals surface area contributed by atoms with Gasteiger partial charge in [0.25, 0.3) is 0 Å². The van der Waals surface area contributed by atoms with Gasteiger partial charge in [0.1, 0.15) is 6.54 Å². The van der Waals surface area contributed by atoms with Gasteiger partial charge in [0.05, 0.1) is 6.10 Å². The van der Waals surface area contributed by atoms with Crippen LogP contribution < -0.4 is 11.0 Å². The first kappa shape index (κ1) is 16.7. The average molecular weight is 332 g/mol. The maximum Gasteiger partial charge on any atom is 0.350 e. The molecule has 2 aromatic rings. The first-order chi connectivity index (χ1) is 11.7. The molecule has 24 heavy (non-hydrogen) atoms. The van der Waals surface area contributed by atoms with Gasteiger partial charge in [-0.1, -0.05) is 25.3 Å². The fourth-order valence-electron chi connectivity index (χ4n) is 3.04. The summed E-state index contributed by atoms with van der Waals surface area (Å²) in [5.41, 5.74) is 0.234. The molecule has 2 heterocycles. The molecule has 0 radical (unpaired) electrons. The van der Waals surface area contributed by atoms with Crippen molar-refractivity contribution in [3.8, 4) is 0 Å². The summed E-state index contributed by atoms with van der Waals surface area (Å²) in [6.07, 6.45) is 8.96.